The number of halogens is 1. The van der Waals surface area contributed by atoms with Gasteiger partial charge in [-0.25, -0.2) is 17.9 Å². The van der Waals surface area contributed by atoms with Crippen LogP contribution < -0.4 is 15.8 Å². The van der Waals surface area contributed by atoms with Crippen molar-refractivity contribution >= 4 is 32.7 Å². The summed E-state index contributed by atoms with van der Waals surface area (Å²) in [5.41, 5.74) is 0.538. The maximum absolute atomic E-state index is 14.8. The summed E-state index contributed by atoms with van der Waals surface area (Å²) in [6.07, 6.45) is 0. The Morgan fingerprint density at radius 2 is 1.86 bits per heavy atom. The summed E-state index contributed by atoms with van der Waals surface area (Å²) in [6.45, 7) is 5.14. The molecule has 36 heavy (non-hydrogen) atoms. The number of nitrogens with two attached hydrogens (primary N) is 1. The largest absolute Gasteiger partial charge is 0.353 e. The van der Waals surface area contributed by atoms with E-state index in [2.05, 4.69) is 15.7 Å². The van der Waals surface area contributed by atoms with Gasteiger partial charge in [0.25, 0.3) is 5.91 Å². The van der Waals surface area contributed by atoms with Gasteiger partial charge in [0.05, 0.1) is 23.9 Å². The SMILES string of the molecule is CC(C)(C)[C@H](NC(=O)c1nn(Cc2ccc(C#N)cc2)c2c(F)cccc12)C(=O)NCCS(N)(=O)=O. The highest BCUT2D eigenvalue weighted by atomic mass is 32.2. The fraction of sp³-hybridized carbons (Fsp3) is 0.333. The van der Waals surface area contributed by atoms with Gasteiger partial charge in [0, 0.05) is 11.9 Å². The summed E-state index contributed by atoms with van der Waals surface area (Å²) in [4.78, 5) is 26.1. The highest BCUT2D eigenvalue weighted by Gasteiger charge is 2.34. The van der Waals surface area contributed by atoms with Gasteiger partial charge in [0.15, 0.2) is 5.69 Å². The quantitative estimate of drug-likeness (QED) is 0.414. The Kier molecular flexibility index (Phi) is 7.76. The number of carbonyl (C=O) groups excluding carboxylic acids is 2. The van der Waals surface area contributed by atoms with Gasteiger partial charge in [0.2, 0.25) is 15.9 Å². The monoisotopic (exact) mass is 514 g/mol. The predicted octanol–water partition coefficient (Wildman–Crippen LogP) is 1.64. The molecular weight excluding hydrogens is 487 g/mol. The van der Waals surface area contributed by atoms with Crippen LogP contribution >= 0.6 is 0 Å². The van der Waals surface area contributed by atoms with E-state index in [0.717, 1.165) is 5.56 Å². The van der Waals surface area contributed by atoms with E-state index in [4.69, 9.17) is 10.4 Å². The summed E-state index contributed by atoms with van der Waals surface area (Å²) in [5, 5.41) is 23.7. The molecule has 0 unspecified atom stereocenters. The fourth-order valence-electron chi connectivity index (χ4n) is 3.63. The second-order valence-electron chi connectivity index (χ2n) is 9.38. The molecule has 0 radical (unpaired) electrons. The molecule has 190 valence electrons. The minimum absolute atomic E-state index is 0.0651. The second kappa shape index (κ2) is 10.4. The lowest BCUT2D eigenvalue weighted by Crippen LogP contribution is -2.54. The second-order valence-corrected chi connectivity index (χ2v) is 11.1. The van der Waals surface area contributed by atoms with E-state index in [9.17, 15) is 22.4 Å². The van der Waals surface area contributed by atoms with Crippen LogP contribution in [0.25, 0.3) is 10.9 Å². The van der Waals surface area contributed by atoms with Crippen molar-refractivity contribution in [1.29, 1.82) is 5.26 Å². The average Bonchev–Trinajstić information content (AvgIpc) is 3.15. The van der Waals surface area contributed by atoms with E-state index in [1.54, 1.807) is 51.1 Å². The van der Waals surface area contributed by atoms with Gasteiger partial charge >= 0.3 is 0 Å². The molecule has 4 N–H and O–H groups in total. The number of nitrogens with one attached hydrogen (secondary N) is 2. The topological polar surface area (TPSA) is 160 Å². The molecule has 2 aromatic carbocycles. The molecule has 0 aliphatic heterocycles. The summed E-state index contributed by atoms with van der Waals surface area (Å²) in [5.74, 6) is -2.30. The molecule has 0 aliphatic carbocycles. The third kappa shape index (κ3) is 6.44. The Hall–Kier alpha value is -3.82. The van der Waals surface area contributed by atoms with Crippen LogP contribution in [0.4, 0.5) is 4.39 Å². The van der Waals surface area contributed by atoms with Gasteiger partial charge in [-0.15, -0.1) is 0 Å². The minimum atomic E-state index is -3.77. The van der Waals surface area contributed by atoms with Gasteiger partial charge in [0.1, 0.15) is 17.4 Å². The number of primary sulfonamides is 1. The van der Waals surface area contributed by atoms with E-state index in [1.807, 2.05) is 6.07 Å². The molecule has 10 nitrogen and oxygen atoms in total. The standard InChI is InChI=1S/C24H27FN6O4S/c1-24(2,3)21(23(33)28-11-12-36(27,34)35)29-22(32)19-17-5-4-6-18(25)20(17)31(30-19)14-16-9-7-15(13-26)8-10-16/h4-10,21H,11-12,14H2,1-3H3,(H,28,33)(H,29,32)(H2,27,34,35)/t21-/m1/s1. The van der Waals surface area contributed by atoms with Gasteiger partial charge in [-0.05, 0) is 29.2 Å². The van der Waals surface area contributed by atoms with E-state index < -0.39 is 44.9 Å². The van der Waals surface area contributed by atoms with Crippen molar-refractivity contribution in [3.63, 3.8) is 0 Å². The number of aromatic nitrogens is 2. The number of carbonyl (C=O) groups is 2. The third-order valence-electron chi connectivity index (χ3n) is 5.44. The Labute approximate surface area is 208 Å². The highest BCUT2D eigenvalue weighted by molar-refractivity contribution is 7.89. The van der Waals surface area contributed by atoms with Crippen molar-refractivity contribution < 1.29 is 22.4 Å². The number of benzene rings is 2. The van der Waals surface area contributed by atoms with Crippen molar-refractivity contribution in [2.24, 2.45) is 10.6 Å². The van der Waals surface area contributed by atoms with E-state index >= 15 is 0 Å². The number of hydrogen-bond donors (Lipinski definition) is 3. The van der Waals surface area contributed by atoms with E-state index in [-0.39, 0.29) is 29.7 Å². The first-order valence-corrected chi connectivity index (χ1v) is 12.7. The van der Waals surface area contributed by atoms with Gasteiger partial charge in [-0.1, -0.05) is 45.0 Å². The Morgan fingerprint density at radius 1 is 1.19 bits per heavy atom. The van der Waals surface area contributed by atoms with Crippen LogP contribution in [-0.4, -0.2) is 48.4 Å². The summed E-state index contributed by atoms with van der Waals surface area (Å²) < 4.78 is 38.5. The Balaban J connectivity index is 1.91. The maximum Gasteiger partial charge on any atom is 0.273 e. The lowest BCUT2D eigenvalue weighted by molar-refractivity contribution is -0.125. The molecule has 0 saturated carbocycles. The molecule has 2 amide bonds. The third-order valence-corrected chi connectivity index (χ3v) is 6.21. The molecular formula is C24H27FN6O4S. The van der Waals surface area contributed by atoms with Crippen molar-refractivity contribution in [2.75, 3.05) is 12.3 Å². The fourth-order valence-corrected chi connectivity index (χ4v) is 4.01. The first-order valence-electron chi connectivity index (χ1n) is 11.0. The summed E-state index contributed by atoms with van der Waals surface area (Å²) in [7, 11) is -3.77. The molecule has 3 rings (SSSR count). The first-order chi connectivity index (χ1) is 16.8. The zero-order valence-electron chi connectivity index (χ0n) is 20.1. The van der Waals surface area contributed by atoms with Gasteiger partial charge in [-0.3, -0.25) is 14.3 Å². The molecule has 3 aromatic rings. The molecule has 0 spiro atoms. The van der Waals surface area contributed by atoms with Crippen molar-refractivity contribution in [3.8, 4) is 6.07 Å². The summed E-state index contributed by atoms with van der Waals surface area (Å²) >= 11 is 0. The maximum atomic E-state index is 14.8. The Bertz CT molecular complexity index is 1440. The molecule has 0 saturated heterocycles. The van der Waals surface area contributed by atoms with Crippen LogP contribution in [0.15, 0.2) is 42.5 Å². The lowest BCUT2D eigenvalue weighted by Gasteiger charge is -2.30. The van der Waals surface area contributed by atoms with Crippen LogP contribution in [-0.2, 0) is 21.4 Å². The molecule has 12 heteroatoms. The van der Waals surface area contributed by atoms with Crippen LogP contribution in [0.1, 0.15) is 42.4 Å². The van der Waals surface area contributed by atoms with Crippen LogP contribution in [0.5, 0.6) is 0 Å². The predicted molar refractivity (Wildman–Crippen MR) is 132 cm³/mol. The van der Waals surface area contributed by atoms with Crippen LogP contribution in [0.2, 0.25) is 0 Å². The van der Waals surface area contributed by atoms with Crippen LogP contribution in [0, 0.1) is 22.6 Å². The number of hydrogen-bond acceptors (Lipinski definition) is 6. The van der Waals surface area contributed by atoms with Crippen LogP contribution in [0.3, 0.4) is 0 Å². The van der Waals surface area contributed by atoms with Crippen molar-refractivity contribution in [3.05, 3.63) is 65.1 Å². The molecule has 0 aliphatic rings. The number of nitriles is 1. The first kappa shape index (κ1) is 26.8. The number of para-hydroxylation sites is 1. The zero-order valence-corrected chi connectivity index (χ0v) is 20.9. The number of nitrogens with zero attached hydrogens (tertiary/aromatic N) is 3. The smallest absolute Gasteiger partial charge is 0.273 e. The average molecular weight is 515 g/mol. The number of sulfonamides is 1. The normalized spacial score (nSPS) is 12.7. The van der Waals surface area contributed by atoms with E-state index in [1.165, 1.54) is 16.8 Å². The highest BCUT2D eigenvalue weighted by Crippen LogP contribution is 2.25. The van der Waals surface area contributed by atoms with Gasteiger partial charge < -0.3 is 10.6 Å². The molecule has 0 fully saturated rings. The molecule has 1 heterocycles. The number of amides is 2. The Morgan fingerprint density at radius 3 is 2.44 bits per heavy atom. The van der Waals surface area contributed by atoms with E-state index in [0.29, 0.717) is 5.56 Å². The minimum Gasteiger partial charge on any atom is -0.353 e. The summed E-state index contributed by atoms with van der Waals surface area (Å²) in [6, 6.07) is 12.0. The zero-order chi connectivity index (χ0) is 26.7. The number of rotatable bonds is 8. The molecule has 1 atom stereocenters. The van der Waals surface area contributed by atoms with Gasteiger partial charge in [-0.2, -0.15) is 10.4 Å². The number of fused-ring (bicyclic) bond motifs is 1. The van der Waals surface area contributed by atoms with Crippen molar-refractivity contribution in [2.45, 2.75) is 33.4 Å². The molecule has 1 aromatic heterocycles. The van der Waals surface area contributed by atoms with Crippen molar-refractivity contribution in [1.82, 2.24) is 20.4 Å². The lowest BCUT2D eigenvalue weighted by atomic mass is 9.86. The molecule has 0 bridgehead atoms.